The zero-order valence-corrected chi connectivity index (χ0v) is 9.32. The SMILES string of the molecule is C/C=C/CNC(=O)C1=NCCC(OC)C1. The van der Waals surface area contributed by atoms with Gasteiger partial charge < -0.3 is 10.1 Å². The molecule has 0 aromatic heterocycles. The maximum atomic E-state index is 11.6. The molecule has 0 aromatic rings. The molecule has 4 heteroatoms. The summed E-state index contributed by atoms with van der Waals surface area (Å²) in [6.07, 6.45) is 5.47. The predicted octanol–water partition coefficient (Wildman–Crippen LogP) is 0.928. The Morgan fingerprint density at radius 1 is 1.73 bits per heavy atom. The van der Waals surface area contributed by atoms with Crippen molar-refractivity contribution in [2.75, 3.05) is 20.2 Å². The van der Waals surface area contributed by atoms with E-state index in [9.17, 15) is 4.79 Å². The van der Waals surface area contributed by atoms with E-state index in [2.05, 4.69) is 10.3 Å². The summed E-state index contributed by atoms with van der Waals surface area (Å²) < 4.78 is 5.22. The van der Waals surface area contributed by atoms with Crippen LogP contribution in [0.5, 0.6) is 0 Å². The van der Waals surface area contributed by atoms with E-state index in [4.69, 9.17) is 4.74 Å². The normalized spacial score (nSPS) is 21.5. The van der Waals surface area contributed by atoms with Crippen LogP contribution in [-0.2, 0) is 9.53 Å². The van der Waals surface area contributed by atoms with Gasteiger partial charge in [-0.1, -0.05) is 12.2 Å². The van der Waals surface area contributed by atoms with Crippen LogP contribution >= 0.6 is 0 Å². The Kier molecular flexibility index (Phi) is 5.04. The molecule has 0 bridgehead atoms. The number of hydrogen-bond acceptors (Lipinski definition) is 3. The highest BCUT2D eigenvalue weighted by Crippen LogP contribution is 2.10. The lowest BCUT2D eigenvalue weighted by Gasteiger charge is -2.19. The van der Waals surface area contributed by atoms with Crippen molar-refractivity contribution in [1.29, 1.82) is 0 Å². The second-order valence-electron chi connectivity index (χ2n) is 3.46. The predicted molar refractivity (Wildman–Crippen MR) is 60.2 cm³/mol. The van der Waals surface area contributed by atoms with Gasteiger partial charge in [-0.05, 0) is 13.3 Å². The fraction of sp³-hybridized carbons (Fsp3) is 0.636. The average Bonchev–Trinajstić information content (AvgIpc) is 2.29. The van der Waals surface area contributed by atoms with Crippen molar-refractivity contribution in [2.24, 2.45) is 4.99 Å². The molecule has 0 aliphatic carbocycles. The van der Waals surface area contributed by atoms with Crippen LogP contribution in [0.2, 0.25) is 0 Å². The van der Waals surface area contributed by atoms with Crippen LogP contribution < -0.4 is 5.32 Å². The van der Waals surface area contributed by atoms with Gasteiger partial charge in [0.2, 0.25) is 0 Å². The molecule has 0 radical (unpaired) electrons. The molecule has 4 nitrogen and oxygen atoms in total. The molecule has 0 saturated carbocycles. The topological polar surface area (TPSA) is 50.7 Å². The molecule has 0 fully saturated rings. The molecule has 1 atom stereocenters. The third-order valence-electron chi connectivity index (χ3n) is 2.39. The largest absolute Gasteiger partial charge is 0.381 e. The maximum Gasteiger partial charge on any atom is 0.265 e. The number of aliphatic imine (C=N–C) groups is 1. The second-order valence-corrected chi connectivity index (χ2v) is 3.46. The molecular weight excluding hydrogens is 192 g/mol. The van der Waals surface area contributed by atoms with Gasteiger partial charge in [-0.2, -0.15) is 0 Å². The fourth-order valence-corrected chi connectivity index (χ4v) is 1.46. The van der Waals surface area contributed by atoms with E-state index in [0.717, 1.165) is 6.42 Å². The number of hydrogen-bond donors (Lipinski definition) is 1. The van der Waals surface area contributed by atoms with Crippen LogP contribution in [0.3, 0.4) is 0 Å². The van der Waals surface area contributed by atoms with Crippen molar-refractivity contribution in [1.82, 2.24) is 5.32 Å². The van der Waals surface area contributed by atoms with Crippen molar-refractivity contribution >= 4 is 11.6 Å². The second kappa shape index (κ2) is 6.35. The standard InChI is InChI=1S/C11H18N2O2/c1-3-4-6-13-11(14)10-8-9(15-2)5-7-12-10/h3-4,9H,5-8H2,1-2H3,(H,13,14)/b4-3+. The number of ether oxygens (including phenoxy) is 1. The summed E-state index contributed by atoms with van der Waals surface area (Å²) in [5.41, 5.74) is 0.609. The third-order valence-corrected chi connectivity index (χ3v) is 2.39. The Morgan fingerprint density at radius 2 is 2.53 bits per heavy atom. The van der Waals surface area contributed by atoms with Crippen molar-refractivity contribution in [2.45, 2.75) is 25.9 Å². The number of rotatable bonds is 4. The van der Waals surface area contributed by atoms with Crippen LogP contribution in [-0.4, -0.2) is 37.9 Å². The monoisotopic (exact) mass is 210 g/mol. The number of carbonyl (C=O) groups excluding carboxylic acids is 1. The molecule has 1 aliphatic heterocycles. The summed E-state index contributed by atoms with van der Waals surface area (Å²) in [5.74, 6) is -0.0742. The van der Waals surface area contributed by atoms with Crippen molar-refractivity contribution < 1.29 is 9.53 Å². The van der Waals surface area contributed by atoms with E-state index >= 15 is 0 Å². The number of methoxy groups -OCH3 is 1. The van der Waals surface area contributed by atoms with Crippen molar-refractivity contribution in [3.63, 3.8) is 0 Å². The minimum absolute atomic E-state index is 0.0742. The quantitative estimate of drug-likeness (QED) is 0.702. The fourth-order valence-electron chi connectivity index (χ4n) is 1.46. The maximum absolute atomic E-state index is 11.6. The van der Waals surface area contributed by atoms with Crippen molar-refractivity contribution in [3.8, 4) is 0 Å². The lowest BCUT2D eigenvalue weighted by Crippen LogP contribution is -2.36. The average molecular weight is 210 g/mol. The molecule has 1 heterocycles. The summed E-state index contributed by atoms with van der Waals surface area (Å²) in [4.78, 5) is 15.8. The summed E-state index contributed by atoms with van der Waals surface area (Å²) in [6.45, 7) is 3.17. The minimum atomic E-state index is -0.0742. The summed E-state index contributed by atoms with van der Waals surface area (Å²) in [6, 6.07) is 0. The van der Waals surface area contributed by atoms with E-state index in [1.54, 1.807) is 7.11 Å². The highest BCUT2D eigenvalue weighted by atomic mass is 16.5. The van der Waals surface area contributed by atoms with Gasteiger partial charge in [0.1, 0.15) is 5.71 Å². The summed E-state index contributed by atoms with van der Waals surface area (Å²) in [5, 5.41) is 2.79. The molecule has 0 saturated heterocycles. The molecule has 0 aromatic carbocycles. The van der Waals surface area contributed by atoms with Gasteiger partial charge >= 0.3 is 0 Å². The van der Waals surface area contributed by atoms with Crippen LogP contribution in [0.1, 0.15) is 19.8 Å². The van der Waals surface area contributed by atoms with Crippen LogP contribution in [0.4, 0.5) is 0 Å². The highest BCUT2D eigenvalue weighted by molar-refractivity contribution is 6.39. The molecular formula is C11H18N2O2. The zero-order valence-electron chi connectivity index (χ0n) is 9.32. The Hall–Kier alpha value is -1.16. The van der Waals surface area contributed by atoms with Crippen molar-refractivity contribution in [3.05, 3.63) is 12.2 Å². The van der Waals surface area contributed by atoms with Crippen LogP contribution in [0, 0.1) is 0 Å². The molecule has 1 N–H and O–H groups in total. The Labute approximate surface area is 90.4 Å². The van der Waals surface area contributed by atoms with E-state index in [1.165, 1.54) is 0 Å². The Balaban J connectivity index is 2.41. The van der Waals surface area contributed by atoms with E-state index < -0.39 is 0 Å². The first-order valence-corrected chi connectivity index (χ1v) is 5.23. The highest BCUT2D eigenvalue weighted by Gasteiger charge is 2.20. The van der Waals surface area contributed by atoms with Gasteiger partial charge in [-0.15, -0.1) is 0 Å². The third kappa shape index (κ3) is 3.83. The Morgan fingerprint density at radius 3 is 3.20 bits per heavy atom. The molecule has 1 rings (SSSR count). The first-order valence-electron chi connectivity index (χ1n) is 5.23. The van der Waals surface area contributed by atoms with Gasteiger partial charge in [0.05, 0.1) is 6.10 Å². The van der Waals surface area contributed by atoms with Gasteiger partial charge in [-0.25, -0.2) is 0 Å². The lowest BCUT2D eigenvalue weighted by atomic mass is 10.1. The van der Waals surface area contributed by atoms with Gasteiger partial charge in [0.15, 0.2) is 0 Å². The number of carbonyl (C=O) groups is 1. The van der Waals surface area contributed by atoms with E-state index in [1.807, 2.05) is 19.1 Å². The molecule has 15 heavy (non-hydrogen) atoms. The van der Waals surface area contributed by atoms with Crippen LogP contribution in [0.15, 0.2) is 17.1 Å². The summed E-state index contributed by atoms with van der Waals surface area (Å²) >= 11 is 0. The lowest BCUT2D eigenvalue weighted by molar-refractivity contribution is -0.114. The summed E-state index contributed by atoms with van der Waals surface area (Å²) in [7, 11) is 1.67. The number of allylic oxidation sites excluding steroid dienone is 1. The van der Waals surface area contributed by atoms with Crippen LogP contribution in [0.25, 0.3) is 0 Å². The zero-order chi connectivity index (χ0) is 11.1. The van der Waals surface area contributed by atoms with E-state index in [-0.39, 0.29) is 12.0 Å². The van der Waals surface area contributed by atoms with Gasteiger partial charge in [0, 0.05) is 26.6 Å². The smallest absolute Gasteiger partial charge is 0.265 e. The minimum Gasteiger partial charge on any atom is -0.381 e. The molecule has 0 spiro atoms. The molecule has 84 valence electrons. The number of nitrogens with zero attached hydrogens (tertiary/aromatic N) is 1. The first-order chi connectivity index (χ1) is 7.27. The molecule has 1 unspecified atom stereocenters. The number of nitrogens with one attached hydrogen (secondary N) is 1. The molecule has 1 amide bonds. The Bertz CT molecular complexity index is 272. The molecule has 1 aliphatic rings. The number of amides is 1. The van der Waals surface area contributed by atoms with Gasteiger partial charge in [-0.3, -0.25) is 9.79 Å². The first kappa shape index (κ1) is 11.9. The van der Waals surface area contributed by atoms with Gasteiger partial charge in [0.25, 0.3) is 5.91 Å². The van der Waals surface area contributed by atoms with E-state index in [0.29, 0.717) is 25.2 Å².